The number of carbonyl (C=O) groups excluding carboxylic acids is 1. The van der Waals surface area contributed by atoms with E-state index in [9.17, 15) is 17.6 Å². The number of halogens is 1. The first kappa shape index (κ1) is 20.2. The molecule has 1 saturated carbocycles. The summed E-state index contributed by atoms with van der Waals surface area (Å²) in [5.41, 5.74) is 0. The average Bonchev–Trinajstić information content (AvgIpc) is 2.91. The summed E-state index contributed by atoms with van der Waals surface area (Å²) in [6, 6.07) is 5.35. The zero-order chi connectivity index (χ0) is 19.3. The maximum Gasteiger partial charge on any atom is 0.243 e. The minimum absolute atomic E-state index is 0.0170. The fourth-order valence-electron chi connectivity index (χ4n) is 3.80. The first-order valence-electron chi connectivity index (χ1n) is 9.72. The number of amides is 1. The van der Waals surface area contributed by atoms with Gasteiger partial charge in [0.25, 0.3) is 0 Å². The molecule has 1 amide bonds. The van der Waals surface area contributed by atoms with Gasteiger partial charge in [-0.2, -0.15) is 4.31 Å². The molecule has 150 valence electrons. The van der Waals surface area contributed by atoms with Crippen molar-refractivity contribution in [3.63, 3.8) is 0 Å². The summed E-state index contributed by atoms with van der Waals surface area (Å²) in [6.07, 6.45) is 6.92. The highest BCUT2D eigenvalue weighted by atomic mass is 32.2. The van der Waals surface area contributed by atoms with Crippen LogP contribution in [0.15, 0.2) is 29.2 Å². The van der Waals surface area contributed by atoms with Crippen LogP contribution < -0.4 is 5.32 Å². The molecule has 1 aliphatic carbocycles. The predicted octanol–water partition coefficient (Wildman–Crippen LogP) is 1.97. The number of hydrogen-bond donors (Lipinski definition) is 1. The highest BCUT2D eigenvalue weighted by molar-refractivity contribution is 7.89. The van der Waals surface area contributed by atoms with Crippen LogP contribution in [0.1, 0.15) is 38.5 Å². The Morgan fingerprint density at radius 1 is 1.07 bits per heavy atom. The van der Waals surface area contributed by atoms with Gasteiger partial charge in [-0.05, 0) is 31.0 Å². The first-order valence-corrected chi connectivity index (χ1v) is 11.2. The fourth-order valence-corrected chi connectivity index (χ4v) is 5.26. The molecular weight excluding hydrogens is 369 g/mol. The van der Waals surface area contributed by atoms with E-state index >= 15 is 0 Å². The van der Waals surface area contributed by atoms with Crippen LogP contribution in [0, 0.1) is 5.82 Å². The summed E-state index contributed by atoms with van der Waals surface area (Å²) in [5.74, 6) is -0.548. The Hall–Kier alpha value is -1.51. The van der Waals surface area contributed by atoms with Gasteiger partial charge in [-0.15, -0.1) is 0 Å². The van der Waals surface area contributed by atoms with Gasteiger partial charge in [0.2, 0.25) is 15.9 Å². The van der Waals surface area contributed by atoms with Crippen molar-refractivity contribution in [2.75, 3.05) is 32.7 Å². The lowest BCUT2D eigenvalue weighted by atomic mass is 10.1. The lowest BCUT2D eigenvalue weighted by Crippen LogP contribution is -2.51. The van der Waals surface area contributed by atoms with Crippen LogP contribution in [0.3, 0.4) is 0 Å². The van der Waals surface area contributed by atoms with Gasteiger partial charge in [-0.1, -0.05) is 31.7 Å². The predicted molar refractivity (Wildman–Crippen MR) is 101 cm³/mol. The zero-order valence-electron chi connectivity index (χ0n) is 15.6. The lowest BCUT2D eigenvalue weighted by Gasteiger charge is -2.33. The Bertz CT molecular complexity index is 740. The van der Waals surface area contributed by atoms with Crippen LogP contribution in [-0.2, 0) is 14.8 Å². The van der Waals surface area contributed by atoms with E-state index in [-0.39, 0.29) is 16.8 Å². The molecule has 0 aromatic heterocycles. The number of rotatable bonds is 5. The second-order valence-corrected chi connectivity index (χ2v) is 9.33. The van der Waals surface area contributed by atoms with Crippen molar-refractivity contribution in [2.45, 2.75) is 49.5 Å². The maximum absolute atomic E-state index is 13.4. The molecule has 0 spiro atoms. The Kier molecular flexibility index (Phi) is 6.83. The molecule has 0 atom stereocenters. The second-order valence-electron chi connectivity index (χ2n) is 7.39. The molecule has 1 heterocycles. The molecule has 1 aliphatic heterocycles. The van der Waals surface area contributed by atoms with E-state index in [1.807, 2.05) is 4.90 Å². The van der Waals surface area contributed by atoms with Crippen LogP contribution in [0.2, 0.25) is 0 Å². The van der Waals surface area contributed by atoms with Crippen LogP contribution in [0.4, 0.5) is 4.39 Å². The third kappa shape index (κ3) is 5.49. The van der Waals surface area contributed by atoms with E-state index in [2.05, 4.69) is 5.32 Å². The molecule has 1 aromatic rings. The van der Waals surface area contributed by atoms with Crippen LogP contribution in [-0.4, -0.2) is 62.3 Å². The molecule has 6 nitrogen and oxygen atoms in total. The Balaban J connectivity index is 1.49. The Morgan fingerprint density at radius 3 is 2.37 bits per heavy atom. The molecule has 8 heteroatoms. The average molecular weight is 398 g/mol. The van der Waals surface area contributed by atoms with Gasteiger partial charge < -0.3 is 5.32 Å². The molecule has 3 rings (SSSR count). The summed E-state index contributed by atoms with van der Waals surface area (Å²) in [4.78, 5) is 14.3. The number of carbonyl (C=O) groups is 1. The van der Waals surface area contributed by atoms with E-state index < -0.39 is 15.8 Å². The molecule has 1 N–H and O–H groups in total. The summed E-state index contributed by atoms with van der Waals surface area (Å²) < 4.78 is 40.0. The van der Waals surface area contributed by atoms with Gasteiger partial charge in [-0.3, -0.25) is 9.69 Å². The largest absolute Gasteiger partial charge is 0.352 e. The summed E-state index contributed by atoms with van der Waals surface area (Å²) in [6.45, 7) is 1.88. The van der Waals surface area contributed by atoms with Crippen LogP contribution in [0.25, 0.3) is 0 Å². The molecule has 0 bridgehead atoms. The van der Waals surface area contributed by atoms with Gasteiger partial charge in [0, 0.05) is 32.2 Å². The number of benzene rings is 1. The van der Waals surface area contributed by atoms with E-state index in [0.29, 0.717) is 32.7 Å². The van der Waals surface area contributed by atoms with Crippen molar-refractivity contribution >= 4 is 15.9 Å². The quantitative estimate of drug-likeness (QED) is 0.772. The third-order valence-electron chi connectivity index (χ3n) is 5.35. The van der Waals surface area contributed by atoms with Crippen molar-refractivity contribution in [2.24, 2.45) is 0 Å². The molecule has 2 fully saturated rings. The molecular formula is C19H28FN3O3S. The monoisotopic (exact) mass is 397 g/mol. The number of hydrogen-bond acceptors (Lipinski definition) is 4. The van der Waals surface area contributed by atoms with E-state index in [4.69, 9.17) is 0 Å². The number of piperazine rings is 1. The van der Waals surface area contributed by atoms with Crippen molar-refractivity contribution in [1.29, 1.82) is 0 Å². The van der Waals surface area contributed by atoms with Gasteiger partial charge >= 0.3 is 0 Å². The number of nitrogens with one attached hydrogen (secondary N) is 1. The van der Waals surface area contributed by atoms with Crippen molar-refractivity contribution < 1.29 is 17.6 Å². The first-order chi connectivity index (χ1) is 12.9. The van der Waals surface area contributed by atoms with Crippen LogP contribution >= 0.6 is 0 Å². The lowest BCUT2D eigenvalue weighted by molar-refractivity contribution is -0.123. The SMILES string of the molecule is O=C(CN1CCN(S(=O)(=O)c2cccc(F)c2)CC1)NC1CCCCCC1. The zero-order valence-corrected chi connectivity index (χ0v) is 16.4. The van der Waals surface area contributed by atoms with Gasteiger partial charge in [0.05, 0.1) is 11.4 Å². The summed E-state index contributed by atoms with van der Waals surface area (Å²) in [5, 5.41) is 3.13. The van der Waals surface area contributed by atoms with Crippen molar-refractivity contribution in [1.82, 2.24) is 14.5 Å². The summed E-state index contributed by atoms with van der Waals surface area (Å²) >= 11 is 0. The van der Waals surface area contributed by atoms with Gasteiger partial charge in [0.1, 0.15) is 5.82 Å². The van der Waals surface area contributed by atoms with Gasteiger partial charge in [-0.25, -0.2) is 12.8 Å². The normalized spacial score (nSPS) is 20.9. The third-order valence-corrected chi connectivity index (χ3v) is 7.25. The highest BCUT2D eigenvalue weighted by Crippen LogP contribution is 2.19. The van der Waals surface area contributed by atoms with Crippen molar-refractivity contribution in [3.8, 4) is 0 Å². The number of nitrogens with zero attached hydrogens (tertiary/aromatic N) is 2. The number of sulfonamides is 1. The topological polar surface area (TPSA) is 69.7 Å². The molecule has 1 saturated heterocycles. The standard InChI is InChI=1S/C19H28FN3O3S/c20-16-6-5-9-18(14-16)27(25,26)23-12-10-22(11-13-23)15-19(24)21-17-7-3-1-2-4-8-17/h5-6,9,14,17H,1-4,7-8,10-13,15H2,(H,21,24). The smallest absolute Gasteiger partial charge is 0.243 e. The fraction of sp³-hybridized carbons (Fsp3) is 0.632. The molecule has 27 heavy (non-hydrogen) atoms. The van der Waals surface area contributed by atoms with E-state index in [1.165, 1.54) is 48.2 Å². The van der Waals surface area contributed by atoms with E-state index in [0.717, 1.165) is 18.9 Å². The minimum Gasteiger partial charge on any atom is -0.352 e. The van der Waals surface area contributed by atoms with Crippen molar-refractivity contribution in [3.05, 3.63) is 30.1 Å². The minimum atomic E-state index is -3.70. The van der Waals surface area contributed by atoms with Crippen LogP contribution in [0.5, 0.6) is 0 Å². The maximum atomic E-state index is 13.4. The molecule has 1 aromatic carbocycles. The summed E-state index contributed by atoms with van der Waals surface area (Å²) in [7, 11) is -3.70. The highest BCUT2D eigenvalue weighted by Gasteiger charge is 2.29. The Labute approximate surface area is 160 Å². The Morgan fingerprint density at radius 2 is 1.74 bits per heavy atom. The second kappa shape index (κ2) is 9.12. The van der Waals surface area contributed by atoms with E-state index in [1.54, 1.807) is 0 Å². The molecule has 0 unspecified atom stereocenters. The van der Waals surface area contributed by atoms with Gasteiger partial charge in [0.15, 0.2) is 0 Å². The molecule has 0 radical (unpaired) electrons. The molecule has 2 aliphatic rings.